The molecule has 0 aromatic carbocycles. The summed E-state index contributed by atoms with van der Waals surface area (Å²) in [4.78, 5) is 7.45. The van der Waals surface area contributed by atoms with Gasteiger partial charge in [-0.05, 0) is 0 Å². The highest BCUT2D eigenvalue weighted by molar-refractivity contribution is 5.40. The second-order valence-corrected chi connectivity index (χ2v) is 2.86. The minimum Gasteiger partial charge on any atom is -0.394 e. The van der Waals surface area contributed by atoms with Crippen molar-refractivity contribution in [2.45, 2.75) is 6.10 Å². The molecule has 0 aliphatic carbocycles. The van der Waals surface area contributed by atoms with Crippen LogP contribution >= 0.6 is 0 Å². The lowest BCUT2D eigenvalue weighted by atomic mass is 10.4. The lowest BCUT2D eigenvalue weighted by Crippen LogP contribution is -2.24. The van der Waals surface area contributed by atoms with Crippen LogP contribution in [0.4, 0.5) is 16.2 Å². The highest BCUT2D eigenvalue weighted by Gasteiger charge is 2.08. The Bertz CT molecular complexity index is 324. The van der Waals surface area contributed by atoms with Crippen LogP contribution in [0.2, 0.25) is 0 Å². The summed E-state index contributed by atoms with van der Waals surface area (Å²) in [6, 6.07) is 0. The molecule has 84 valence electrons. The molecule has 4 N–H and O–H groups in total. The standard InChI is InChI=1S/C8H13FN4O2/c1-10-8-12-3-6(9)7(13-8)11-2-5(15)4-14/h3,5,14-15H,2,4H2,1H3,(H2,10,11,12,13). The van der Waals surface area contributed by atoms with Gasteiger partial charge in [0, 0.05) is 13.6 Å². The van der Waals surface area contributed by atoms with E-state index in [-0.39, 0.29) is 18.3 Å². The van der Waals surface area contributed by atoms with Gasteiger partial charge in [0.1, 0.15) is 0 Å². The molecule has 0 amide bonds. The number of aromatic nitrogens is 2. The van der Waals surface area contributed by atoms with E-state index in [0.717, 1.165) is 6.20 Å². The van der Waals surface area contributed by atoms with E-state index in [2.05, 4.69) is 20.6 Å². The molecule has 1 atom stereocenters. The van der Waals surface area contributed by atoms with E-state index in [1.807, 2.05) is 0 Å². The maximum atomic E-state index is 13.1. The molecule has 6 nitrogen and oxygen atoms in total. The van der Waals surface area contributed by atoms with Gasteiger partial charge in [0.2, 0.25) is 5.95 Å². The zero-order valence-electron chi connectivity index (χ0n) is 8.24. The second kappa shape index (κ2) is 5.42. The molecule has 0 spiro atoms. The van der Waals surface area contributed by atoms with Crippen LogP contribution in [0.3, 0.4) is 0 Å². The molecule has 7 heteroatoms. The van der Waals surface area contributed by atoms with Crippen LogP contribution in [-0.4, -0.2) is 46.5 Å². The lowest BCUT2D eigenvalue weighted by Gasteiger charge is -2.10. The fourth-order valence-corrected chi connectivity index (χ4v) is 0.891. The Morgan fingerprint density at radius 3 is 2.93 bits per heavy atom. The van der Waals surface area contributed by atoms with Gasteiger partial charge < -0.3 is 20.8 Å². The summed E-state index contributed by atoms with van der Waals surface area (Å²) in [5, 5.41) is 22.8. The number of rotatable bonds is 5. The zero-order chi connectivity index (χ0) is 11.3. The van der Waals surface area contributed by atoms with Gasteiger partial charge in [0.25, 0.3) is 0 Å². The fraction of sp³-hybridized carbons (Fsp3) is 0.500. The molecule has 1 rings (SSSR count). The van der Waals surface area contributed by atoms with E-state index in [1.54, 1.807) is 7.05 Å². The van der Waals surface area contributed by atoms with Crippen molar-refractivity contribution in [1.82, 2.24) is 9.97 Å². The average molecular weight is 216 g/mol. The molecular formula is C8H13FN4O2. The molecule has 0 saturated carbocycles. The quantitative estimate of drug-likeness (QED) is 0.526. The maximum Gasteiger partial charge on any atom is 0.224 e. The van der Waals surface area contributed by atoms with Crippen LogP contribution < -0.4 is 10.6 Å². The van der Waals surface area contributed by atoms with E-state index in [4.69, 9.17) is 10.2 Å². The largest absolute Gasteiger partial charge is 0.394 e. The summed E-state index contributed by atoms with van der Waals surface area (Å²) in [5.41, 5.74) is 0. The SMILES string of the molecule is CNc1ncc(F)c(NCC(O)CO)n1. The Morgan fingerprint density at radius 2 is 2.33 bits per heavy atom. The number of halogens is 1. The number of anilines is 2. The van der Waals surface area contributed by atoms with Gasteiger partial charge in [-0.1, -0.05) is 0 Å². The number of nitrogens with one attached hydrogen (secondary N) is 2. The number of hydrogen-bond acceptors (Lipinski definition) is 6. The van der Waals surface area contributed by atoms with E-state index < -0.39 is 18.5 Å². The average Bonchev–Trinajstić information content (AvgIpc) is 2.27. The Morgan fingerprint density at radius 1 is 1.60 bits per heavy atom. The summed E-state index contributed by atoms with van der Waals surface area (Å²) in [6.07, 6.45) is 0.0735. The van der Waals surface area contributed by atoms with Crippen molar-refractivity contribution in [2.75, 3.05) is 30.8 Å². The minimum atomic E-state index is -0.947. The number of aliphatic hydroxyl groups is 2. The molecule has 1 heterocycles. The van der Waals surface area contributed by atoms with Gasteiger partial charge in [-0.2, -0.15) is 4.98 Å². The van der Waals surface area contributed by atoms with Crippen molar-refractivity contribution in [3.05, 3.63) is 12.0 Å². The first-order valence-electron chi connectivity index (χ1n) is 4.40. The Hall–Kier alpha value is -1.47. The van der Waals surface area contributed by atoms with Gasteiger partial charge in [-0.3, -0.25) is 0 Å². The monoisotopic (exact) mass is 216 g/mol. The summed E-state index contributed by atoms with van der Waals surface area (Å²) in [7, 11) is 1.61. The number of aliphatic hydroxyl groups excluding tert-OH is 2. The molecule has 0 saturated heterocycles. The van der Waals surface area contributed by atoms with Crippen LogP contribution in [-0.2, 0) is 0 Å². The molecular weight excluding hydrogens is 203 g/mol. The minimum absolute atomic E-state index is 0.0122. The summed E-state index contributed by atoms with van der Waals surface area (Å²) in [5.74, 6) is -0.349. The van der Waals surface area contributed by atoms with Crippen LogP contribution in [0.25, 0.3) is 0 Å². The van der Waals surface area contributed by atoms with Crippen LogP contribution in [0.1, 0.15) is 0 Å². The van der Waals surface area contributed by atoms with Crippen LogP contribution in [0.5, 0.6) is 0 Å². The van der Waals surface area contributed by atoms with Crippen molar-refractivity contribution < 1.29 is 14.6 Å². The smallest absolute Gasteiger partial charge is 0.224 e. The first-order valence-corrected chi connectivity index (χ1v) is 4.40. The first kappa shape index (κ1) is 11.6. The Labute approximate surface area is 86.2 Å². The van der Waals surface area contributed by atoms with Crippen molar-refractivity contribution in [1.29, 1.82) is 0 Å². The first-order chi connectivity index (χ1) is 7.17. The van der Waals surface area contributed by atoms with E-state index in [9.17, 15) is 4.39 Å². The number of hydrogen-bond donors (Lipinski definition) is 4. The molecule has 0 aliphatic rings. The maximum absolute atomic E-state index is 13.1. The zero-order valence-corrected chi connectivity index (χ0v) is 8.24. The Kier molecular flexibility index (Phi) is 4.19. The molecule has 0 fully saturated rings. The lowest BCUT2D eigenvalue weighted by molar-refractivity contribution is 0.105. The summed E-state index contributed by atoms with van der Waals surface area (Å²) >= 11 is 0. The Balaban J connectivity index is 2.66. The van der Waals surface area contributed by atoms with Crippen molar-refractivity contribution in [2.24, 2.45) is 0 Å². The van der Waals surface area contributed by atoms with E-state index in [1.165, 1.54) is 0 Å². The third-order valence-electron chi connectivity index (χ3n) is 1.68. The highest BCUT2D eigenvalue weighted by Crippen LogP contribution is 2.11. The van der Waals surface area contributed by atoms with Gasteiger partial charge in [0.05, 0.1) is 18.9 Å². The summed E-state index contributed by atoms with van der Waals surface area (Å²) in [6.45, 7) is -0.369. The molecule has 0 aliphatic heterocycles. The van der Waals surface area contributed by atoms with Gasteiger partial charge in [-0.15, -0.1) is 0 Å². The van der Waals surface area contributed by atoms with Crippen LogP contribution in [0, 0.1) is 5.82 Å². The van der Waals surface area contributed by atoms with Gasteiger partial charge in [0.15, 0.2) is 11.6 Å². The molecule has 1 unspecified atom stereocenters. The number of nitrogens with zero attached hydrogens (tertiary/aromatic N) is 2. The third-order valence-corrected chi connectivity index (χ3v) is 1.68. The molecule has 0 bridgehead atoms. The normalized spacial score (nSPS) is 12.3. The van der Waals surface area contributed by atoms with Gasteiger partial charge >= 0.3 is 0 Å². The summed E-state index contributed by atoms with van der Waals surface area (Å²) < 4.78 is 13.1. The van der Waals surface area contributed by atoms with E-state index >= 15 is 0 Å². The third kappa shape index (κ3) is 3.30. The second-order valence-electron chi connectivity index (χ2n) is 2.86. The van der Waals surface area contributed by atoms with Crippen molar-refractivity contribution >= 4 is 11.8 Å². The predicted octanol–water partition coefficient (Wildman–Crippen LogP) is -0.578. The van der Waals surface area contributed by atoms with Gasteiger partial charge in [-0.25, -0.2) is 9.37 Å². The highest BCUT2D eigenvalue weighted by atomic mass is 19.1. The molecule has 1 aromatic rings. The molecule has 15 heavy (non-hydrogen) atoms. The molecule has 0 radical (unpaired) electrons. The predicted molar refractivity (Wildman–Crippen MR) is 53.1 cm³/mol. The fourth-order valence-electron chi connectivity index (χ4n) is 0.891. The van der Waals surface area contributed by atoms with Crippen molar-refractivity contribution in [3.8, 4) is 0 Å². The van der Waals surface area contributed by atoms with Crippen molar-refractivity contribution in [3.63, 3.8) is 0 Å². The van der Waals surface area contributed by atoms with E-state index in [0.29, 0.717) is 0 Å². The topological polar surface area (TPSA) is 90.3 Å². The molecule has 1 aromatic heterocycles. The van der Waals surface area contributed by atoms with Crippen LogP contribution in [0.15, 0.2) is 6.20 Å².